The van der Waals surface area contributed by atoms with Gasteiger partial charge < -0.3 is 10.3 Å². The average Bonchev–Trinajstić information content (AvgIpc) is 3.26. The predicted octanol–water partition coefficient (Wildman–Crippen LogP) is 4.94. The highest BCUT2D eigenvalue weighted by Gasteiger charge is 2.13. The number of aromatic nitrogens is 3. The van der Waals surface area contributed by atoms with Gasteiger partial charge in [0.15, 0.2) is 5.69 Å². The SMILES string of the molecule is Cc1cc(C(=O)NCCc2c[nH]c3ccc(Cl)cc23)nn1-c1ccc(Cl)cc1. The van der Waals surface area contributed by atoms with Crippen molar-refractivity contribution in [2.45, 2.75) is 13.3 Å². The normalized spacial score (nSPS) is 11.1. The number of nitrogens with zero attached hydrogens (tertiary/aromatic N) is 2. The van der Waals surface area contributed by atoms with Gasteiger partial charge in [-0.15, -0.1) is 0 Å². The maximum Gasteiger partial charge on any atom is 0.271 e. The van der Waals surface area contributed by atoms with Crippen molar-refractivity contribution < 1.29 is 4.79 Å². The van der Waals surface area contributed by atoms with E-state index < -0.39 is 0 Å². The van der Waals surface area contributed by atoms with E-state index in [-0.39, 0.29) is 5.91 Å². The highest BCUT2D eigenvalue weighted by atomic mass is 35.5. The van der Waals surface area contributed by atoms with Gasteiger partial charge in [0.1, 0.15) is 0 Å². The molecule has 0 saturated heterocycles. The van der Waals surface area contributed by atoms with Crippen LogP contribution in [-0.2, 0) is 6.42 Å². The number of hydrogen-bond acceptors (Lipinski definition) is 2. The number of hydrogen-bond donors (Lipinski definition) is 2. The number of aromatic amines is 1. The lowest BCUT2D eigenvalue weighted by Crippen LogP contribution is -2.26. The van der Waals surface area contributed by atoms with Crippen LogP contribution in [0.3, 0.4) is 0 Å². The van der Waals surface area contributed by atoms with Crippen LogP contribution in [0.25, 0.3) is 16.6 Å². The summed E-state index contributed by atoms with van der Waals surface area (Å²) in [6, 6.07) is 14.8. The van der Waals surface area contributed by atoms with Crippen LogP contribution < -0.4 is 5.32 Å². The maximum absolute atomic E-state index is 12.5. The first-order chi connectivity index (χ1) is 13.5. The first-order valence-electron chi connectivity index (χ1n) is 8.87. The third kappa shape index (κ3) is 3.77. The first-order valence-corrected chi connectivity index (χ1v) is 9.63. The minimum atomic E-state index is -0.200. The second-order valence-electron chi connectivity index (χ2n) is 6.57. The number of amides is 1. The Morgan fingerprint density at radius 3 is 2.64 bits per heavy atom. The van der Waals surface area contributed by atoms with Gasteiger partial charge in [-0.25, -0.2) is 4.68 Å². The molecule has 0 aliphatic rings. The highest BCUT2D eigenvalue weighted by molar-refractivity contribution is 6.31. The monoisotopic (exact) mass is 412 g/mol. The Kier molecular flexibility index (Phi) is 5.11. The fourth-order valence-corrected chi connectivity index (χ4v) is 3.49. The summed E-state index contributed by atoms with van der Waals surface area (Å²) < 4.78 is 1.73. The number of carbonyl (C=O) groups excluding carboxylic acids is 1. The first kappa shape index (κ1) is 18.6. The molecule has 0 unspecified atom stereocenters. The molecule has 5 nitrogen and oxygen atoms in total. The lowest BCUT2D eigenvalue weighted by Gasteiger charge is -2.04. The summed E-state index contributed by atoms with van der Waals surface area (Å²) in [4.78, 5) is 15.7. The van der Waals surface area contributed by atoms with Crippen molar-refractivity contribution in [1.82, 2.24) is 20.1 Å². The second-order valence-corrected chi connectivity index (χ2v) is 7.44. The van der Waals surface area contributed by atoms with E-state index in [0.29, 0.717) is 28.7 Å². The van der Waals surface area contributed by atoms with E-state index in [9.17, 15) is 4.79 Å². The van der Waals surface area contributed by atoms with Gasteiger partial charge in [-0.05, 0) is 67.4 Å². The molecule has 2 heterocycles. The summed E-state index contributed by atoms with van der Waals surface area (Å²) in [7, 11) is 0. The maximum atomic E-state index is 12.5. The predicted molar refractivity (Wildman–Crippen MR) is 113 cm³/mol. The summed E-state index contributed by atoms with van der Waals surface area (Å²) in [6.07, 6.45) is 2.65. The number of H-pyrrole nitrogens is 1. The largest absolute Gasteiger partial charge is 0.361 e. The molecule has 2 aromatic carbocycles. The van der Waals surface area contributed by atoms with Crippen LogP contribution >= 0.6 is 23.2 Å². The highest BCUT2D eigenvalue weighted by Crippen LogP contribution is 2.22. The van der Waals surface area contributed by atoms with Crippen molar-refractivity contribution in [2.75, 3.05) is 6.54 Å². The quantitative estimate of drug-likeness (QED) is 0.487. The van der Waals surface area contributed by atoms with Crippen molar-refractivity contribution in [2.24, 2.45) is 0 Å². The molecular formula is C21H18Cl2N4O. The molecule has 28 heavy (non-hydrogen) atoms. The van der Waals surface area contributed by atoms with Crippen LogP contribution in [0.15, 0.2) is 54.7 Å². The van der Waals surface area contributed by atoms with Crippen LogP contribution in [0.2, 0.25) is 10.0 Å². The molecule has 2 N–H and O–H groups in total. The Balaban J connectivity index is 1.43. The van der Waals surface area contributed by atoms with Gasteiger partial charge in [-0.1, -0.05) is 23.2 Å². The van der Waals surface area contributed by atoms with Crippen LogP contribution in [0.1, 0.15) is 21.7 Å². The number of rotatable bonds is 5. The Bertz CT molecular complexity index is 1150. The molecule has 7 heteroatoms. The number of fused-ring (bicyclic) bond motifs is 1. The van der Waals surface area contributed by atoms with Crippen molar-refractivity contribution in [3.8, 4) is 5.69 Å². The van der Waals surface area contributed by atoms with E-state index in [4.69, 9.17) is 23.2 Å². The molecule has 0 spiro atoms. The van der Waals surface area contributed by atoms with Gasteiger partial charge in [0.25, 0.3) is 5.91 Å². The number of benzene rings is 2. The van der Waals surface area contributed by atoms with E-state index >= 15 is 0 Å². The molecule has 0 aliphatic heterocycles. The van der Waals surface area contributed by atoms with Gasteiger partial charge in [0.2, 0.25) is 0 Å². The summed E-state index contributed by atoms with van der Waals surface area (Å²) >= 11 is 12.0. The van der Waals surface area contributed by atoms with Crippen molar-refractivity contribution in [1.29, 1.82) is 0 Å². The number of nitrogens with one attached hydrogen (secondary N) is 2. The van der Waals surface area contributed by atoms with Crippen LogP contribution in [0.4, 0.5) is 0 Å². The number of carbonyl (C=O) groups is 1. The van der Waals surface area contributed by atoms with Gasteiger partial charge >= 0.3 is 0 Å². The van der Waals surface area contributed by atoms with E-state index in [2.05, 4.69) is 15.4 Å². The topological polar surface area (TPSA) is 62.7 Å². The Morgan fingerprint density at radius 1 is 1.11 bits per heavy atom. The summed E-state index contributed by atoms with van der Waals surface area (Å²) in [5.41, 5.74) is 4.26. The molecule has 4 rings (SSSR count). The molecule has 0 fully saturated rings. The minimum absolute atomic E-state index is 0.200. The lowest BCUT2D eigenvalue weighted by atomic mass is 10.1. The standard InChI is InChI=1S/C21H18Cl2N4O/c1-13-10-20(26-27(13)17-5-2-15(22)3-6-17)21(28)24-9-8-14-12-25-19-7-4-16(23)11-18(14)19/h2-7,10-12,25H,8-9H2,1H3,(H,24,28). The fourth-order valence-electron chi connectivity index (χ4n) is 3.19. The molecule has 1 amide bonds. The van der Waals surface area contributed by atoms with Crippen molar-refractivity contribution in [3.63, 3.8) is 0 Å². The number of halogens is 2. The molecule has 0 atom stereocenters. The van der Waals surface area contributed by atoms with Crippen molar-refractivity contribution >= 4 is 40.0 Å². The van der Waals surface area contributed by atoms with Crippen LogP contribution in [-0.4, -0.2) is 27.2 Å². The lowest BCUT2D eigenvalue weighted by molar-refractivity contribution is 0.0948. The molecule has 0 saturated carbocycles. The van der Waals surface area contributed by atoms with Gasteiger partial charge in [-0.3, -0.25) is 4.79 Å². The zero-order chi connectivity index (χ0) is 19.7. The van der Waals surface area contributed by atoms with E-state index in [1.54, 1.807) is 22.9 Å². The fraction of sp³-hybridized carbons (Fsp3) is 0.143. The third-order valence-electron chi connectivity index (χ3n) is 4.60. The molecule has 4 aromatic rings. The molecule has 142 valence electrons. The van der Waals surface area contributed by atoms with Gasteiger partial charge in [0.05, 0.1) is 5.69 Å². The Morgan fingerprint density at radius 2 is 1.86 bits per heavy atom. The Hall–Kier alpha value is -2.76. The van der Waals surface area contributed by atoms with Crippen LogP contribution in [0, 0.1) is 6.92 Å². The van der Waals surface area contributed by atoms with E-state index in [1.165, 1.54) is 0 Å². The molecule has 0 radical (unpaired) electrons. The smallest absolute Gasteiger partial charge is 0.271 e. The molecule has 0 aliphatic carbocycles. The van der Waals surface area contributed by atoms with Gasteiger partial charge in [-0.2, -0.15) is 5.10 Å². The van der Waals surface area contributed by atoms with Crippen LogP contribution in [0.5, 0.6) is 0 Å². The number of aryl methyl sites for hydroxylation is 1. The summed E-state index contributed by atoms with van der Waals surface area (Å²) in [5, 5.41) is 9.79. The Labute approximate surface area is 172 Å². The zero-order valence-corrected chi connectivity index (χ0v) is 16.7. The second kappa shape index (κ2) is 7.70. The summed E-state index contributed by atoms with van der Waals surface area (Å²) in [5.74, 6) is -0.200. The average molecular weight is 413 g/mol. The zero-order valence-electron chi connectivity index (χ0n) is 15.2. The van der Waals surface area contributed by atoms with Gasteiger partial charge in [0, 0.05) is 39.4 Å². The van der Waals surface area contributed by atoms with E-state index in [0.717, 1.165) is 27.8 Å². The van der Waals surface area contributed by atoms with E-state index in [1.807, 2.05) is 43.5 Å². The minimum Gasteiger partial charge on any atom is -0.361 e. The summed E-state index contributed by atoms with van der Waals surface area (Å²) in [6.45, 7) is 2.42. The molecule has 0 bridgehead atoms. The van der Waals surface area contributed by atoms with Crippen molar-refractivity contribution in [3.05, 3.63) is 81.7 Å². The molecule has 2 aromatic heterocycles. The third-order valence-corrected chi connectivity index (χ3v) is 5.09. The molecular weight excluding hydrogens is 395 g/mol.